The van der Waals surface area contributed by atoms with Crippen LogP contribution in [0, 0.1) is 6.57 Å². The Hall–Kier alpha value is -2.35. The lowest BCUT2D eigenvalue weighted by Crippen LogP contribution is -2.18. The van der Waals surface area contributed by atoms with E-state index >= 15 is 0 Å². The fourth-order valence-electron chi connectivity index (χ4n) is 1.24. The van der Waals surface area contributed by atoms with Gasteiger partial charge in [0.1, 0.15) is 0 Å². The molecular weight excluding hydrogens is 182 g/mol. The van der Waals surface area contributed by atoms with E-state index in [2.05, 4.69) is 15.0 Å². The molecule has 2 rings (SSSR count). The van der Waals surface area contributed by atoms with Crippen LogP contribution in [0.25, 0.3) is 15.6 Å². The predicted octanol–water partition coefficient (Wildman–Crippen LogP) is 0.767. The number of hydrogen-bond donors (Lipinski definition) is 2. The Morgan fingerprint density at radius 3 is 2.36 bits per heavy atom. The van der Waals surface area contributed by atoms with Crippen LogP contribution >= 0.6 is 0 Å². The molecule has 1 aromatic heterocycles. The van der Waals surface area contributed by atoms with Gasteiger partial charge < -0.3 is 0 Å². The van der Waals surface area contributed by atoms with Gasteiger partial charge >= 0.3 is 0 Å². The molecule has 0 amide bonds. The molecule has 0 unspecified atom stereocenters. The summed E-state index contributed by atoms with van der Waals surface area (Å²) in [7, 11) is 0. The second-order valence-electron chi connectivity index (χ2n) is 2.75. The van der Waals surface area contributed by atoms with E-state index in [0.29, 0.717) is 11.1 Å². The highest BCUT2D eigenvalue weighted by Gasteiger charge is 2.02. The third kappa shape index (κ3) is 1.10. The minimum absolute atomic E-state index is 0.238. The molecule has 0 radical (unpaired) electrons. The largest absolute Gasteiger partial charge is 0.270 e. The Labute approximate surface area is 77.8 Å². The lowest BCUT2D eigenvalue weighted by atomic mass is 10.2. The molecule has 0 aliphatic carbocycles. The summed E-state index contributed by atoms with van der Waals surface area (Å²) in [4.78, 5) is 25.7. The Bertz CT molecular complexity index is 645. The molecule has 0 aliphatic heterocycles. The minimum Gasteiger partial charge on any atom is -0.267 e. The van der Waals surface area contributed by atoms with Gasteiger partial charge in [-0.25, -0.2) is 4.85 Å². The molecule has 5 nitrogen and oxygen atoms in total. The Morgan fingerprint density at radius 2 is 1.71 bits per heavy atom. The van der Waals surface area contributed by atoms with Gasteiger partial charge in [-0.05, 0) is 6.07 Å². The van der Waals surface area contributed by atoms with Crippen LogP contribution in [0.2, 0.25) is 0 Å². The van der Waals surface area contributed by atoms with Crippen molar-refractivity contribution in [1.29, 1.82) is 0 Å². The van der Waals surface area contributed by atoms with Gasteiger partial charge in [-0.3, -0.25) is 19.8 Å². The molecule has 2 aromatic rings. The molecule has 0 spiro atoms. The average Bonchev–Trinajstić information content (AvgIpc) is 2.23. The lowest BCUT2D eigenvalue weighted by Gasteiger charge is -1.95. The Balaban J connectivity index is 3.04. The van der Waals surface area contributed by atoms with Gasteiger partial charge in [-0.2, -0.15) is 0 Å². The Kier molecular flexibility index (Phi) is 1.68. The third-order valence-electron chi connectivity index (χ3n) is 1.91. The van der Waals surface area contributed by atoms with Crippen LogP contribution in [-0.2, 0) is 0 Å². The summed E-state index contributed by atoms with van der Waals surface area (Å²) in [6.07, 6.45) is 0. The van der Waals surface area contributed by atoms with Gasteiger partial charge in [0.15, 0.2) is 5.69 Å². The summed E-state index contributed by atoms with van der Waals surface area (Å²) in [5.41, 5.74) is -0.421. The minimum atomic E-state index is -0.398. The zero-order valence-corrected chi connectivity index (χ0v) is 7.00. The summed E-state index contributed by atoms with van der Waals surface area (Å²) < 4.78 is 0. The molecule has 1 heterocycles. The lowest BCUT2D eigenvalue weighted by molar-refractivity contribution is 0.977. The second-order valence-corrected chi connectivity index (χ2v) is 2.75. The van der Waals surface area contributed by atoms with Crippen molar-refractivity contribution in [3.63, 3.8) is 0 Å². The average molecular weight is 187 g/mol. The highest BCUT2D eigenvalue weighted by Crippen LogP contribution is 2.15. The standard InChI is InChI=1S/C9H5N3O2/c1-10-5-2-3-6-7(4-5)9(14)12-11-8(6)13/h2-4H,(H,11,13)(H,12,14). The summed E-state index contributed by atoms with van der Waals surface area (Å²) >= 11 is 0. The number of H-pyrrole nitrogens is 2. The van der Waals surface area contributed by atoms with E-state index < -0.39 is 5.56 Å². The molecule has 68 valence electrons. The molecule has 0 fully saturated rings. The maximum atomic E-state index is 11.3. The van der Waals surface area contributed by atoms with Gasteiger partial charge in [0.25, 0.3) is 11.1 Å². The Morgan fingerprint density at radius 1 is 1.07 bits per heavy atom. The van der Waals surface area contributed by atoms with Gasteiger partial charge in [0.05, 0.1) is 12.0 Å². The topological polar surface area (TPSA) is 70.1 Å². The van der Waals surface area contributed by atoms with Crippen LogP contribution in [0.4, 0.5) is 5.69 Å². The first-order chi connectivity index (χ1) is 6.72. The van der Waals surface area contributed by atoms with Gasteiger partial charge in [-0.1, -0.05) is 12.1 Å². The van der Waals surface area contributed by atoms with Crippen LogP contribution in [-0.4, -0.2) is 10.2 Å². The van der Waals surface area contributed by atoms with Gasteiger partial charge in [0.2, 0.25) is 0 Å². The summed E-state index contributed by atoms with van der Waals surface area (Å²) in [5, 5.41) is 4.94. The molecule has 0 saturated heterocycles. The number of rotatable bonds is 0. The van der Waals surface area contributed by atoms with E-state index in [4.69, 9.17) is 6.57 Å². The monoisotopic (exact) mass is 187 g/mol. The van der Waals surface area contributed by atoms with E-state index in [1.807, 2.05) is 0 Å². The maximum absolute atomic E-state index is 11.3. The zero-order chi connectivity index (χ0) is 10.1. The molecule has 5 heteroatoms. The van der Waals surface area contributed by atoms with Crippen molar-refractivity contribution >= 4 is 16.5 Å². The van der Waals surface area contributed by atoms with E-state index in [1.54, 1.807) is 0 Å². The number of aromatic nitrogens is 2. The maximum Gasteiger partial charge on any atom is 0.270 e. The van der Waals surface area contributed by atoms with Crippen LogP contribution in [0.3, 0.4) is 0 Å². The van der Waals surface area contributed by atoms with Crippen molar-refractivity contribution in [2.45, 2.75) is 0 Å². The summed E-state index contributed by atoms with van der Waals surface area (Å²) in [5.74, 6) is 0. The van der Waals surface area contributed by atoms with Crippen molar-refractivity contribution in [3.8, 4) is 0 Å². The number of fused-ring (bicyclic) bond motifs is 1. The fraction of sp³-hybridized carbons (Fsp3) is 0. The molecular formula is C9H5N3O2. The second kappa shape index (κ2) is 2.85. The van der Waals surface area contributed by atoms with Gasteiger partial charge in [0, 0.05) is 5.39 Å². The first-order valence-corrected chi connectivity index (χ1v) is 3.84. The molecule has 0 aliphatic rings. The quantitative estimate of drug-likeness (QED) is 0.598. The first kappa shape index (κ1) is 8.26. The third-order valence-corrected chi connectivity index (χ3v) is 1.91. The number of aromatic amines is 2. The highest BCUT2D eigenvalue weighted by atomic mass is 16.1. The predicted molar refractivity (Wildman–Crippen MR) is 51.5 cm³/mol. The van der Waals surface area contributed by atoms with E-state index in [-0.39, 0.29) is 10.9 Å². The number of benzene rings is 1. The molecule has 14 heavy (non-hydrogen) atoms. The number of nitrogens with zero attached hydrogens (tertiary/aromatic N) is 1. The molecule has 0 atom stereocenters. The van der Waals surface area contributed by atoms with Crippen molar-refractivity contribution in [3.05, 3.63) is 50.3 Å². The van der Waals surface area contributed by atoms with E-state index in [1.165, 1.54) is 18.2 Å². The van der Waals surface area contributed by atoms with Crippen LogP contribution in [0.1, 0.15) is 0 Å². The van der Waals surface area contributed by atoms with Crippen LogP contribution in [0.15, 0.2) is 27.8 Å². The smallest absolute Gasteiger partial charge is 0.267 e. The normalized spacial score (nSPS) is 9.93. The SMILES string of the molecule is [C-]#[N+]c1ccc2c(=O)[nH][nH]c(=O)c2c1. The first-order valence-electron chi connectivity index (χ1n) is 3.84. The fourth-order valence-corrected chi connectivity index (χ4v) is 1.24. The number of hydrogen-bond acceptors (Lipinski definition) is 2. The molecule has 1 aromatic carbocycles. The highest BCUT2D eigenvalue weighted by molar-refractivity contribution is 5.84. The molecule has 0 bridgehead atoms. The van der Waals surface area contributed by atoms with Gasteiger partial charge in [-0.15, -0.1) is 0 Å². The zero-order valence-electron chi connectivity index (χ0n) is 7.00. The number of nitrogens with one attached hydrogen (secondary N) is 2. The van der Waals surface area contributed by atoms with Crippen LogP contribution < -0.4 is 11.1 Å². The van der Waals surface area contributed by atoms with Crippen LogP contribution in [0.5, 0.6) is 0 Å². The van der Waals surface area contributed by atoms with Crippen molar-refractivity contribution < 1.29 is 0 Å². The summed E-state index contributed by atoms with van der Waals surface area (Å²) in [6.45, 7) is 6.77. The summed E-state index contributed by atoms with van der Waals surface area (Å²) in [6, 6.07) is 4.37. The molecule has 0 saturated carbocycles. The molecule has 2 N–H and O–H groups in total. The van der Waals surface area contributed by atoms with Crippen molar-refractivity contribution in [2.24, 2.45) is 0 Å². The van der Waals surface area contributed by atoms with Crippen molar-refractivity contribution in [1.82, 2.24) is 10.2 Å². The van der Waals surface area contributed by atoms with E-state index in [0.717, 1.165) is 0 Å². The van der Waals surface area contributed by atoms with Crippen molar-refractivity contribution in [2.75, 3.05) is 0 Å². The van der Waals surface area contributed by atoms with E-state index in [9.17, 15) is 9.59 Å².